The van der Waals surface area contributed by atoms with Crippen LogP contribution in [-0.2, 0) is 12.8 Å². The van der Waals surface area contributed by atoms with Gasteiger partial charge in [-0.05, 0) is 24.3 Å². The van der Waals surface area contributed by atoms with Gasteiger partial charge in [0.15, 0.2) is 0 Å². The SMILES string of the molecule is N/C(Cc1ccccn1)=C(/N)Cc1ccccn1. The third-order valence-electron chi connectivity index (χ3n) is 2.61. The van der Waals surface area contributed by atoms with Crippen molar-refractivity contribution in [3.8, 4) is 0 Å². The van der Waals surface area contributed by atoms with Gasteiger partial charge in [0.1, 0.15) is 0 Å². The smallest absolute Gasteiger partial charge is 0.0462 e. The van der Waals surface area contributed by atoms with E-state index >= 15 is 0 Å². The first-order chi connectivity index (χ1) is 8.75. The molecule has 0 spiro atoms. The Kier molecular flexibility index (Phi) is 3.91. The van der Waals surface area contributed by atoms with Crippen molar-refractivity contribution in [1.82, 2.24) is 9.97 Å². The van der Waals surface area contributed by atoms with Crippen molar-refractivity contribution in [2.24, 2.45) is 11.5 Å². The normalized spacial score (nSPS) is 12.0. The molecule has 0 fully saturated rings. The maximum atomic E-state index is 5.98. The molecule has 92 valence electrons. The van der Waals surface area contributed by atoms with E-state index in [1.54, 1.807) is 12.4 Å². The molecule has 0 unspecified atom stereocenters. The minimum Gasteiger partial charge on any atom is -0.400 e. The van der Waals surface area contributed by atoms with Crippen molar-refractivity contribution >= 4 is 0 Å². The van der Waals surface area contributed by atoms with E-state index in [0.717, 1.165) is 11.4 Å². The van der Waals surface area contributed by atoms with Gasteiger partial charge < -0.3 is 11.5 Å². The van der Waals surface area contributed by atoms with Crippen molar-refractivity contribution in [3.05, 3.63) is 71.6 Å². The van der Waals surface area contributed by atoms with Gasteiger partial charge in [-0.2, -0.15) is 0 Å². The lowest BCUT2D eigenvalue weighted by Gasteiger charge is -2.07. The van der Waals surface area contributed by atoms with Gasteiger partial charge in [0.2, 0.25) is 0 Å². The Morgan fingerprint density at radius 2 is 1.22 bits per heavy atom. The van der Waals surface area contributed by atoms with Crippen molar-refractivity contribution in [2.75, 3.05) is 0 Å². The molecule has 2 aromatic rings. The van der Waals surface area contributed by atoms with Crippen LogP contribution in [0.3, 0.4) is 0 Å². The lowest BCUT2D eigenvalue weighted by Crippen LogP contribution is -2.15. The molecular weight excluding hydrogens is 224 g/mol. The molecular formula is C14H16N4. The van der Waals surface area contributed by atoms with Crippen molar-refractivity contribution in [3.63, 3.8) is 0 Å². The molecule has 0 atom stereocenters. The molecule has 0 radical (unpaired) electrons. The number of pyridine rings is 2. The Morgan fingerprint density at radius 1 is 0.778 bits per heavy atom. The number of nitrogens with zero attached hydrogens (tertiary/aromatic N) is 2. The summed E-state index contributed by atoms with van der Waals surface area (Å²) < 4.78 is 0. The summed E-state index contributed by atoms with van der Waals surface area (Å²) in [6, 6.07) is 11.5. The molecule has 0 aromatic carbocycles. The zero-order valence-electron chi connectivity index (χ0n) is 10.1. The first kappa shape index (κ1) is 12.1. The van der Waals surface area contributed by atoms with Gasteiger partial charge in [-0.1, -0.05) is 12.1 Å². The number of hydrogen-bond donors (Lipinski definition) is 2. The molecule has 4 nitrogen and oxygen atoms in total. The summed E-state index contributed by atoms with van der Waals surface area (Å²) in [6.45, 7) is 0. The highest BCUT2D eigenvalue weighted by Gasteiger charge is 2.03. The van der Waals surface area contributed by atoms with Crippen LogP contribution in [0, 0.1) is 0 Å². The Labute approximate surface area is 106 Å². The van der Waals surface area contributed by atoms with Crippen molar-refractivity contribution in [2.45, 2.75) is 12.8 Å². The summed E-state index contributed by atoms with van der Waals surface area (Å²) in [5.41, 5.74) is 15.1. The van der Waals surface area contributed by atoms with Gasteiger partial charge in [-0.3, -0.25) is 9.97 Å². The van der Waals surface area contributed by atoms with E-state index in [9.17, 15) is 0 Å². The van der Waals surface area contributed by atoms with Crippen LogP contribution in [-0.4, -0.2) is 9.97 Å². The quantitative estimate of drug-likeness (QED) is 0.846. The molecule has 2 heterocycles. The average Bonchev–Trinajstić information content (AvgIpc) is 2.41. The van der Waals surface area contributed by atoms with Crippen LogP contribution in [0.25, 0.3) is 0 Å². The van der Waals surface area contributed by atoms with E-state index in [2.05, 4.69) is 9.97 Å². The average molecular weight is 240 g/mol. The lowest BCUT2D eigenvalue weighted by molar-refractivity contribution is 0.937. The topological polar surface area (TPSA) is 77.8 Å². The van der Waals surface area contributed by atoms with Crippen LogP contribution in [0.15, 0.2) is 60.2 Å². The molecule has 0 aliphatic carbocycles. The fourth-order valence-corrected chi connectivity index (χ4v) is 1.62. The zero-order chi connectivity index (χ0) is 12.8. The summed E-state index contributed by atoms with van der Waals surface area (Å²) in [6.07, 6.45) is 4.63. The highest BCUT2D eigenvalue weighted by molar-refractivity contribution is 5.21. The monoisotopic (exact) mass is 240 g/mol. The summed E-state index contributed by atoms with van der Waals surface area (Å²) in [5, 5.41) is 0. The predicted molar refractivity (Wildman–Crippen MR) is 71.3 cm³/mol. The molecule has 0 aliphatic rings. The number of aromatic nitrogens is 2. The molecule has 4 N–H and O–H groups in total. The second-order valence-corrected chi connectivity index (χ2v) is 4.05. The Bertz CT molecular complexity index is 471. The fourth-order valence-electron chi connectivity index (χ4n) is 1.62. The van der Waals surface area contributed by atoms with Gasteiger partial charge in [0, 0.05) is 48.0 Å². The number of allylic oxidation sites excluding steroid dienone is 2. The molecule has 2 rings (SSSR count). The highest BCUT2D eigenvalue weighted by atomic mass is 14.7. The van der Waals surface area contributed by atoms with E-state index in [-0.39, 0.29) is 0 Å². The van der Waals surface area contributed by atoms with Gasteiger partial charge in [0.05, 0.1) is 0 Å². The Hall–Kier alpha value is -2.36. The molecule has 2 aromatic heterocycles. The van der Waals surface area contributed by atoms with E-state index in [1.165, 1.54) is 0 Å². The molecule has 0 saturated carbocycles. The zero-order valence-corrected chi connectivity index (χ0v) is 10.1. The Morgan fingerprint density at radius 3 is 1.56 bits per heavy atom. The Balaban J connectivity index is 2.06. The maximum absolute atomic E-state index is 5.98. The number of nitrogens with two attached hydrogens (primary N) is 2. The third kappa shape index (κ3) is 3.31. The van der Waals surface area contributed by atoms with Crippen LogP contribution >= 0.6 is 0 Å². The fraction of sp³-hybridized carbons (Fsp3) is 0.143. The summed E-state index contributed by atoms with van der Waals surface area (Å²) in [5.74, 6) is 0. The number of rotatable bonds is 4. The molecule has 0 aliphatic heterocycles. The summed E-state index contributed by atoms with van der Waals surface area (Å²) in [7, 11) is 0. The number of hydrogen-bond acceptors (Lipinski definition) is 4. The van der Waals surface area contributed by atoms with E-state index in [0.29, 0.717) is 24.2 Å². The van der Waals surface area contributed by atoms with Crippen LogP contribution in [0.5, 0.6) is 0 Å². The third-order valence-corrected chi connectivity index (χ3v) is 2.61. The van der Waals surface area contributed by atoms with E-state index in [4.69, 9.17) is 11.5 Å². The molecule has 4 heteroatoms. The lowest BCUT2D eigenvalue weighted by atomic mass is 10.1. The van der Waals surface area contributed by atoms with Crippen LogP contribution in [0.2, 0.25) is 0 Å². The predicted octanol–water partition coefficient (Wildman–Crippen LogP) is 1.39. The maximum Gasteiger partial charge on any atom is 0.0462 e. The minimum absolute atomic E-state index is 0.569. The van der Waals surface area contributed by atoms with Gasteiger partial charge in [-0.15, -0.1) is 0 Å². The second kappa shape index (κ2) is 5.82. The van der Waals surface area contributed by atoms with E-state index < -0.39 is 0 Å². The summed E-state index contributed by atoms with van der Waals surface area (Å²) in [4.78, 5) is 8.45. The van der Waals surface area contributed by atoms with Crippen LogP contribution < -0.4 is 11.5 Å². The van der Waals surface area contributed by atoms with Crippen LogP contribution in [0.1, 0.15) is 11.4 Å². The largest absolute Gasteiger partial charge is 0.400 e. The highest BCUT2D eigenvalue weighted by Crippen LogP contribution is 2.06. The molecule has 18 heavy (non-hydrogen) atoms. The van der Waals surface area contributed by atoms with Crippen molar-refractivity contribution < 1.29 is 0 Å². The van der Waals surface area contributed by atoms with Gasteiger partial charge >= 0.3 is 0 Å². The standard InChI is InChI=1S/C14H16N4/c15-13(9-11-5-1-3-7-17-11)14(16)10-12-6-2-4-8-18-12/h1-8H,9-10,15-16H2/b14-13+. The second-order valence-electron chi connectivity index (χ2n) is 4.05. The minimum atomic E-state index is 0.569. The first-order valence-corrected chi connectivity index (χ1v) is 5.78. The first-order valence-electron chi connectivity index (χ1n) is 5.78. The molecule has 0 amide bonds. The van der Waals surface area contributed by atoms with E-state index in [1.807, 2.05) is 36.4 Å². The molecule has 0 saturated heterocycles. The van der Waals surface area contributed by atoms with Gasteiger partial charge in [0.25, 0.3) is 0 Å². The molecule has 0 bridgehead atoms. The van der Waals surface area contributed by atoms with Crippen molar-refractivity contribution in [1.29, 1.82) is 0 Å². The van der Waals surface area contributed by atoms with Crippen LogP contribution in [0.4, 0.5) is 0 Å². The van der Waals surface area contributed by atoms with Gasteiger partial charge in [-0.25, -0.2) is 0 Å². The summed E-state index contributed by atoms with van der Waals surface area (Å²) >= 11 is 0.